The van der Waals surface area contributed by atoms with Gasteiger partial charge in [-0.2, -0.15) is 0 Å². The molecular weight excluding hydrogens is 194 g/mol. The van der Waals surface area contributed by atoms with Crippen molar-refractivity contribution in [1.29, 1.82) is 0 Å². The Hall–Kier alpha value is -0.900. The standard InChI is InChI=1S/C11H19NO3/c1-4-11(2,15-3)10(14)12-7-5-9(13)6-8-12/h4-8H2,1-3H3. The van der Waals surface area contributed by atoms with Crippen LogP contribution in [0.2, 0.25) is 0 Å². The molecule has 4 heteroatoms. The van der Waals surface area contributed by atoms with E-state index < -0.39 is 5.60 Å². The summed E-state index contributed by atoms with van der Waals surface area (Å²) in [5.74, 6) is 0.245. The Morgan fingerprint density at radius 2 is 2.00 bits per heavy atom. The predicted octanol–water partition coefficient (Wildman–Crippen LogP) is 0.993. The lowest BCUT2D eigenvalue weighted by Crippen LogP contribution is -2.50. The average Bonchev–Trinajstić information content (AvgIpc) is 2.28. The molecule has 1 saturated heterocycles. The maximum atomic E-state index is 12.1. The zero-order chi connectivity index (χ0) is 11.5. The molecule has 0 aliphatic carbocycles. The van der Waals surface area contributed by atoms with Gasteiger partial charge < -0.3 is 9.64 Å². The highest BCUT2D eigenvalue weighted by molar-refractivity contribution is 5.87. The van der Waals surface area contributed by atoms with Crippen molar-refractivity contribution in [2.45, 2.75) is 38.7 Å². The van der Waals surface area contributed by atoms with Gasteiger partial charge in [-0.25, -0.2) is 0 Å². The van der Waals surface area contributed by atoms with Crippen LogP contribution >= 0.6 is 0 Å². The average molecular weight is 213 g/mol. The van der Waals surface area contributed by atoms with Crippen LogP contribution in [0.1, 0.15) is 33.1 Å². The fourth-order valence-electron chi connectivity index (χ4n) is 1.68. The minimum atomic E-state index is -0.736. The monoisotopic (exact) mass is 213 g/mol. The molecule has 0 N–H and O–H groups in total. The molecule has 0 aromatic carbocycles. The topological polar surface area (TPSA) is 46.6 Å². The largest absolute Gasteiger partial charge is 0.369 e. The summed E-state index contributed by atoms with van der Waals surface area (Å²) in [6.45, 7) is 4.80. The molecule has 0 saturated carbocycles. The van der Waals surface area contributed by atoms with Gasteiger partial charge in [-0.1, -0.05) is 6.92 Å². The number of methoxy groups -OCH3 is 1. The second kappa shape index (κ2) is 4.75. The lowest BCUT2D eigenvalue weighted by atomic mass is 9.99. The van der Waals surface area contributed by atoms with E-state index in [1.165, 1.54) is 0 Å². The number of likely N-dealkylation sites (tertiary alicyclic amines) is 1. The number of ketones is 1. The van der Waals surface area contributed by atoms with Gasteiger partial charge in [0, 0.05) is 33.0 Å². The molecule has 15 heavy (non-hydrogen) atoms. The molecule has 0 aromatic heterocycles. The number of nitrogens with zero attached hydrogens (tertiary/aromatic N) is 1. The summed E-state index contributed by atoms with van der Waals surface area (Å²) in [6.07, 6.45) is 1.61. The van der Waals surface area contributed by atoms with Crippen molar-refractivity contribution in [3.05, 3.63) is 0 Å². The van der Waals surface area contributed by atoms with Crippen LogP contribution < -0.4 is 0 Å². The number of carbonyl (C=O) groups is 2. The molecule has 4 nitrogen and oxygen atoms in total. The SMILES string of the molecule is CCC(C)(OC)C(=O)N1CCC(=O)CC1. The molecule has 1 aliphatic rings. The number of ether oxygens (including phenoxy) is 1. The Bertz CT molecular complexity index is 249. The van der Waals surface area contributed by atoms with Crippen LogP contribution in [0.3, 0.4) is 0 Å². The summed E-state index contributed by atoms with van der Waals surface area (Å²) in [7, 11) is 1.55. The van der Waals surface area contributed by atoms with Crippen molar-refractivity contribution in [1.82, 2.24) is 4.90 Å². The third-order valence-corrected chi connectivity index (χ3v) is 3.19. The van der Waals surface area contributed by atoms with Gasteiger partial charge in [0.05, 0.1) is 0 Å². The Morgan fingerprint density at radius 3 is 2.40 bits per heavy atom. The predicted molar refractivity (Wildman–Crippen MR) is 56.5 cm³/mol. The molecule has 1 heterocycles. The molecule has 1 unspecified atom stereocenters. The quantitative estimate of drug-likeness (QED) is 0.702. The molecule has 86 valence electrons. The zero-order valence-electron chi connectivity index (χ0n) is 9.71. The number of hydrogen-bond acceptors (Lipinski definition) is 3. The molecule has 0 bridgehead atoms. The number of rotatable bonds is 3. The normalized spacial score (nSPS) is 21.3. The Kier molecular flexibility index (Phi) is 3.85. The number of carbonyl (C=O) groups excluding carboxylic acids is 2. The Labute approximate surface area is 90.6 Å². The fourth-order valence-corrected chi connectivity index (χ4v) is 1.68. The van der Waals surface area contributed by atoms with Gasteiger partial charge in [-0.15, -0.1) is 0 Å². The van der Waals surface area contributed by atoms with E-state index in [2.05, 4.69) is 0 Å². The van der Waals surface area contributed by atoms with Crippen LogP contribution in [0, 0.1) is 0 Å². The molecule has 1 aliphatic heterocycles. The minimum Gasteiger partial charge on any atom is -0.369 e. The summed E-state index contributed by atoms with van der Waals surface area (Å²) in [5.41, 5.74) is -0.736. The molecule has 0 aromatic rings. The van der Waals surface area contributed by atoms with E-state index in [0.717, 1.165) is 0 Å². The smallest absolute Gasteiger partial charge is 0.254 e. The van der Waals surface area contributed by atoms with E-state index in [4.69, 9.17) is 4.74 Å². The van der Waals surface area contributed by atoms with Gasteiger partial charge in [0.2, 0.25) is 0 Å². The van der Waals surface area contributed by atoms with Crippen molar-refractivity contribution >= 4 is 11.7 Å². The van der Waals surface area contributed by atoms with Crippen LogP contribution in [0.25, 0.3) is 0 Å². The van der Waals surface area contributed by atoms with E-state index >= 15 is 0 Å². The van der Waals surface area contributed by atoms with E-state index in [-0.39, 0.29) is 11.7 Å². The van der Waals surface area contributed by atoms with Crippen molar-refractivity contribution < 1.29 is 14.3 Å². The summed E-state index contributed by atoms with van der Waals surface area (Å²) < 4.78 is 5.25. The number of hydrogen-bond donors (Lipinski definition) is 0. The molecule has 1 fully saturated rings. The molecule has 1 amide bonds. The highest BCUT2D eigenvalue weighted by Gasteiger charge is 2.36. The number of piperidine rings is 1. The van der Waals surface area contributed by atoms with E-state index in [0.29, 0.717) is 32.4 Å². The minimum absolute atomic E-state index is 0.000000000000000666. The van der Waals surface area contributed by atoms with E-state index in [1.807, 2.05) is 6.92 Å². The first kappa shape index (κ1) is 12.2. The van der Waals surface area contributed by atoms with Gasteiger partial charge in [0.25, 0.3) is 5.91 Å². The second-order valence-corrected chi connectivity index (χ2v) is 4.12. The van der Waals surface area contributed by atoms with Crippen molar-refractivity contribution in [2.24, 2.45) is 0 Å². The van der Waals surface area contributed by atoms with Crippen molar-refractivity contribution in [2.75, 3.05) is 20.2 Å². The molecule has 0 radical (unpaired) electrons. The van der Waals surface area contributed by atoms with Crippen LogP contribution in [0.4, 0.5) is 0 Å². The molecular formula is C11H19NO3. The van der Waals surface area contributed by atoms with Gasteiger partial charge in [-0.05, 0) is 13.3 Å². The van der Waals surface area contributed by atoms with Crippen LogP contribution in [0.5, 0.6) is 0 Å². The van der Waals surface area contributed by atoms with Gasteiger partial charge in [-0.3, -0.25) is 9.59 Å². The fraction of sp³-hybridized carbons (Fsp3) is 0.818. The zero-order valence-corrected chi connectivity index (χ0v) is 9.71. The van der Waals surface area contributed by atoms with E-state index in [9.17, 15) is 9.59 Å². The molecule has 1 atom stereocenters. The first-order valence-electron chi connectivity index (χ1n) is 5.39. The van der Waals surface area contributed by atoms with Crippen LogP contribution in [-0.2, 0) is 14.3 Å². The van der Waals surface area contributed by atoms with Crippen LogP contribution in [-0.4, -0.2) is 42.4 Å². The third kappa shape index (κ3) is 2.56. The lowest BCUT2D eigenvalue weighted by Gasteiger charge is -2.34. The summed E-state index contributed by atoms with van der Waals surface area (Å²) in [5, 5.41) is 0. The highest BCUT2D eigenvalue weighted by atomic mass is 16.5. The molecule has 1 rings (SSSR count). The highest BCUT2D eigenvalue weighted by Crippen LogP contribution is 2.19. The Balaban J connectivity index is 2.64. The summed E-state index contributed by atoms with van der Waals surface area (Å²) >= 11 is 0. The first-order chi connectivity index (χ1) is 7.03. The maximum absolute atomic E-state index is 12.1. The summed E-state index contributed by atoms with van der Waals surface area (Å²) in [6, 6.07) is 0. The van der Waals surface area contributed by atoms with Crippen LogP contribution in [0.15, 0.2) is 0 Å². The van der Waals surface area contributed by atoms with Gasteiger partial charge >= 0.3 is 0 Å². The van der Waals surface area contributed by atoms with Crippen molar-refractivity contribution in [3.8, 4) is 0 Å². The van der Waals surface area contributed by atoms with Gasteiger partial charge in [0.15, 0.2) is 0 Å². The first-order valence-corrected chi connectivity index (χ1v) is 5.39. The summed E-state index contributed by atoms with van der Waals surface area (Å²) in [4.78, 5) is 24.9. The van der Waals surface area contributed by atoms with Gasteiger partial charge in [0.1, 0.15) is 11.4 Å². The number of Topliss-reactive ketones (excluding diaryl/α,β-unsaturated/α-hetero) is 1. The van der Waals surface area contributed by atoms with E-state index in [1.54, 1.807) is 18.9 Å². The maximum Gasteiger partial charge on any atom is 0.254 e. The van der Waals surface area contributed by atoms with Crippen molar-refractivity contribution in [3.63, 3.8) is 0 Å². The molecule has 0 spiro atoms. The second-order valence-electron chi connectivity index (χ2n) is 4.12. The Morgan fingerprint density at radius 1 is 1.47 bits per heavy atom. The number of amides is 1. The third-order valence-electron chi connectivity index (χ3n) is 3.19. The lowest BCUT2D eigenvalue weighted by molar-refractivity contribution is -0.155.